The van der Waals surface area contributed by atoms with E-state index in [-0.39, 0.29) is 11.3 Å². The van der Waals surface area contributed by atoms with Crippen LogP contribution < -0.4 is 0 Å². The molecule has 5 aliphatic rings. The predicted octanol–water partition coefficient (Wildman–Crippen LogP) is 12.5. The molecule has 4 atom stereocenters. The summed E-state index contributed by atoms with van der Waals surface area (Å²) in [4.78, 5) is 5.68. The summed E-state index contributed by atoms with van der Waals surface area (Å²) in [5, 5.41) is 2.60. The summed E-state index contributed by atoms with van der Waals surface area (Å²) in [6, 6.07) is 34.5. The van der Waals surface area contributed by atoms with Crippen molar-refractivity contribution in [1.82, 2.24) is 0 Å². The van der Waals surface area contributed by atoms with E-state index in [0.29, 0.717) is 17.8 Å². The fourth-order valence-corrected chi connectivity index (χ4v) is 11.0. The van der Waals surface area contributed by atoms with Gasteiger partial charge >= 0.3 is 0 Å². The van der Waals surface area contributed by atoms with E-state index in [1.807, 2.05) is 11.3 Å². The minimum absolute atomic E-state index is 0.0390. The van der Waals surface area contributed by atoms with Crippen LogP contribution in [-0.2, 0) is 5.41 Å². The predicted molar refractivity (Wildman–Crippen MR) is 204 cm³/mol. The minimum atomic E-state index is -0.0390. The normalized spacial score (nSPS) is 24.5. The van der Waals surface area contributed by atoms with Crippen LogP contribution in [0.1, 0.15) is 85.3 Å². The Kier molecular flexibility index (Phi) is 6.22. The van der Waals surface area contributed by atoms with E-state index in [4.69, 9.17) is 4.99 Å². The number of hydrogen-bond acceptors (Lipinski definition) is 2. The van der Waals surface area contributed by atoms with E-state index in [2.05, 4.69) is 142 Å². The summed E-state index contributed by atoms with van der Waals surface area (Å²) in [6.07, 6.45) is 15.3. The molecule has 1 nitrogen and oxygen atoms in total. The lowest BCUT2D eigenvalue weighted by atomic mass is 9.68. The number of fused-ring (bicyclic) bond motifs is 10. The van der Waals surface area contributed by atoms with Crippen molar-refractivity contribution in [3.63, 3.8) is 0 Å². The van der Waals surface area contributed by atoms with Crippen LogP contribution in [0.3, 0.4) is 0 Å². The Morgan fingerprint density at radius 3 is 2.50 bits per heavy atom. The zero-order valence-corrected chi connectivity index (χ0v) is 28.6. The van der Waals surface area contributed by atoms with Crippen molar-refractivity contribution in [3.8, 4) is 11.1 Å². The average Bonchev–Trinajstić information content (AvgIpc) is 3.54. The number of aliphatic imine (C=N–C) groups is 1. The standard InChI is InChI=1S/C46H39NS/c1-27-41(33-24-23-30-25-28-13-4-5-14-29(28)26-37(30)32-16-7-6-15-31(32)33)43-35-18-9-11-22-40(35)48-45(43)47-44(27)36-19-12-21-39-42(36)34-17-8-10-20-38(34)46(39,2)3/h4-13,15-22,25-27,29,33,41H,14,23-24H2,1-3H3. The second kappa shape index (κ2) is 10.5. The second-order valence-corrected chi connectivity index (χ2v) is 16.0. The third-order valence-electron chi connectivity index (χ3n) is 12.1. The van der Waals surface area contributed by atoms with Gasteiger partial charge in [-0.2, -0.15) is 0 Å². The van der Waals surface area contributed by atoms with Crippen molar-refractivity contribution < 1.29 is 0 Å². The minimum Gasteiger partial charge on any atom is -0.241 e. The van der Waals surface area contributed by atoms with Crippen LogP contribution in [0.2, 0.25) is 0 Å². The number of rotatable bonds is 2. The number of benzene rings is 4. The molecule has 0 fully saturated rings. The first kappa shape index (κ1) is 28.5. The quantitative estimate of drug-likeness (QED) is 0.183. The van der Waals surface area contributed by atoms with Gasteiger partial charge in [0, 0.05) is 39.0 Å². The molecule has 4 aliphatic carbocycles. The summed E-state index contributed by atoms with van der Waals surface area (Å²) in [5.74, 6) is 1.41. The second-order valence-electron chi connectivity index (χ2n) is 14.9. The Labute approximate surface area is 287 Å². The molecule has 4 unspecified atom stereocenters. The first-order chi connectivity index (χ1) is 23.5. The molecule has 2 heterocycles. The van der Waals surface area contributed by atoms with Crippen molar-refractivity contribution in [3.05, 3.63) is 166 Å². The average molecular weight is 638 g/mol. The maximum atomic E-state index is 5.68. The van der Waals surface area contributed by atoms with Crippen molar-refractivity contribution in [1.29, 1.82) is 0 Å². The van der Waals surface area contributed by atoms with Gasteiger partial charge in [-0.05, 0) is 86.7 Å². The number of thiophene rings is 1. The molecule has 1 aromatic heterocycles. The lowest BCUT2D eigenvalue weighted by Gasteiger charge is -2.37. The maximum absolute atomic E-state index is 5.68. The van der Waals surface area contributed by atoms with Crippen molar-refractivity contribution in [2.45, 2.75) is 57.3 Å². The maximum Gasteiger partial charge on any atom is 0.121 e. The molecule has 0 spiro atoms. The van der Waals surface area contributed by atoms with Gasteiger partial charge in [-0.15, -0.1) is 11.3 Å². The summed E-state index contributed by atoms with van der Waals surface area (Å²) < 4.78 is 1.35. The lowest BCUT2D eigenvalue weighted by molar-refractivity contribution is 0.448. The van der Waals surface area contributed by atoms with E-state index in [9.17, 15) is 0 Å². The first-order valence-electron chi connectivity index (χ1n) is 17.7. The van der Waals surface area contributed by atoms with Crippen LogP contribution in [0.5, 0.6) is 0 Å². The molecule has 0 saturated heterocycles. The Morgan fingerprint density at radius 1 is 0.812 bits per heavy atom. The highest BCUT2D eigenvalue weighted by atomic mass is 32.1. The molecule has 5 aromatic rings. The van der Waals surface area contributed by atoms with Crippen molar-refractivity contribution in [2.24, 2.45) is 16.8 Å². The molecule has 48 heavy (non-hydrogen) atoms. The largest absolute Gasteiger partial charge is 0.241 e. The third-order valence-corrected chi connectivity index (χ3v) is 13.2. The van der Waals surface area contributed by atoms with Gasteiger partial charge in [0.25, 0.3) is 0 Å². The van der Waals surface area contributed by atoms with Crippen LogP contribution in [0, 0.1) is 11.8 Å². The van der Waals surface area contributed by atoms with Crippen LogP contribution in [0.15, 0.2) is 138 Å². The Morgan fingerprint density at radius 2 is 1.58 bits per heavy atom. The monoisotopic (exact) mass is 637 g/mol. The van der Waals surface area contributed by atoms with Gasteiger partial charge in [0.15, 0.2) is 0 Å². The Hall–Kier alpha value is -4.53. The van der Waals surface area contributed by atoms with E-state index in [1.165, 1.54) is 82.0 Å². The molecular formula is C46H39NS. The molecule has 0 bridgehead atoms. The highest BCUT2D eigenvalue weighted by molar-refractivity contribution is 7.22. The molecule has 0 saturated carbocycles. The van der Waals surface area contributed by atoms with Gasteiger partial charge in [0.2, 0.25) is 0 Å². The summed E-state index contributed by atoms with van der Waals surface area (Å²) in [7, 11) is 0. The summed E-state index contributed by atoms with van der Waals surface area (Å²) >= 11 is 1.88. The van der Waals surface area contributed by atoms with Gasteiger partial charge in [-0.3, -0.25) is 0 Å². The van der Waals surface area contributed by atoms with Gasteiger partial charge in [0.05, 0.1) is 5.71 Å². The first-order valence-corrected chi connectivity index (χ1v) is 18.5. The van der Waals surface area contributed by atoms with Crippen LogP contribution in [0.25, 0.3) is 26.8 Å². The molecule has 4 aromatic carbocycles. The Bertz CT molecular complexity index is 2330. The summed E-state index contributed by atoms with van der Waals surface area (Å²) in [6.45, 7) is 7.25. The molecule has 0 amide bonds. The summed E-state index contributed by atoms with van der Waals surface area (Å²) in [5.41, 5.74) is 17.0. The third kappa shape index (κ3) is 3.99. The topological polar surface area (TPSA) is 12.4 Å². The molecule has 2 heteroatoms. The van der Waals surface area contributed by atoms with Gasteiger partial charge in [-0.1, -0.05) is 136 Å². The molecule has 0 N–H and O–H groups in total. The molecule has 10 rings (SSSR count). The highest BCUT2D eigenvalue weighted by Crippen LogP contribution is 2.58. The molecule has 0 radical (unpaired) electrons. The van der Waals surface area contributed by atoms with Crippen LogP contribution >= 0.6 is 11.3 Å². The van der Waals surface area contributed by atoms with Crippen molar-refractivity contribution >= 4 is 37.7 Å². The van der Waals surface area contributed by atoms with E-state index >= 15 is 0 Å². The van der Waals surface area contributed by atoms with Crippen molar-refractivity contribution in [2.75, 3.05) is 0 Å². The number of nitrogens with zero attached hydrogens (tertiary/aromatic N) is 1. The number of hydrogen-bond donors (Lipinski definition) is 0. The number of allylic oxidation sites excluding steroid dienone is 8. The molecular weight excluding hydrogens is 599 g/mol. The van der Waals surface area contributed by atoms with Crippen LogP contribution in [0.4, 0.5) is 5.00 Å². The Balaban J connectivity index is 1.18. The fraction of sp³-hybridized carbons (Fsp3) is 0.239. The molecule has 1 aliphatic heterocycles. The SMILES string of the molecule is CC1C(c2cccc3c2-c2ccccc2C3(C)C)=Nc2sc3ccccc3c2C1C1CCC2=CC3=CC=CCC3C=C2c2ccccc21. The lowest BCUT2D eigenvalue weighted by Crippen LogP contribution is -2.29. The zero-order valence-electron chi connectivity index (χ0n) is 27.8. The van der Waals surface area contributed by atoms with E-state index in [0.717, 1.165) is 19.3 Å². The zero-order chi connectivity index (χ0) is 32.1. The van der Waals surface area contributed by atoms with Gasteiger partial charge in [0.1, 0.15) is 5.00 Å². The van der Waals surface area contributed by atoms with Gasteiger partial charge < -0.3 is 0 Å². The fourth-order valence-electron chi connectivity index (χ4n) is 9.86. The van der Waals surface area contributed by atoms with Crippen LogP contribution in [-0.4, -0.2) is 5.71 Å². The molecule has 234 valence electrons. The van der Waals surface area contributed by atoms with Gasteiger partial charge in [-0.25, -0.2) is 4.99 Å². The van der Waals surface area contributed by atoms with E-state index < -0.39 is 0 Å². The smallest absolute Gasteiger partial charge is 0.121 e. The highest BCUT2D eigenvalue weighted by Gasteiger charge is 2.44. The van der Waals surface area contributed by atoms with E-state index in [1.54, 1.807) is 0 Å².